The van der Waals surface area contributed by atoms with E-state index in [0.717, 1.165) is 18.5 Å². The van der Waals surface area contributed by atoms with E-state index in [9.17, 15) is 13.2 Å². The molecule has 60 valence electrons. The molecule has 0 bridgehead atoms. The Bertz CT molecular complexity index is 258. The molecule has 0 spiro atoms. The molecule has 1 aromatic heterocycles. The molecule has 0 aliphatic carbocycles. The average molecular weight is 163 g/mol. The number of aromatic hydroxyl groups is 1. The number of hydrogen-bond acceptors (Lipinski definition) is 2. The van der Waals surface area contributed by atoms with E-state index < -0.39 is 17.5 Å². The first-order chi connectivity index (χ1) is 5.02. The number of aromatic nitrogens is 1. The van der Waals surface area contributed by atoms with Crippen molar-refractivity contribution in [2.75, 3.05) is 0 Å². The second-order valence-electron chi connectivity index (χ2n) is 1.89. The SMILES string of the molecule is Oc1cnccc1C(F)(F)F. The molecule has 2 nitrogen and oxygen atoms in total. The second-order valence-corrected chi connectivity index (χ2v) is 1.89. The Hall–Kier alpha value is -1.26. The molecule has 0 radical (unpaired) electrons. The Morgan fingerprint density at radius 2 is 2.00 bits per heavy atom. The fraction of sp³-hybridized carbons (Fsp3) is 0.167. The van der Waals surface area contributed by atoms with Crippen LogP contribution in [0.5, 0.6) is 5.75 Å². The molecule has 1 heterocycles. The summed E-state index contributed by atoms with van der Waals surface area (Å²) >= 11 is 0. The predicted molar refractivity (Wildman–Crippen MR) is 30.9 cm³/mol. The minimum absolute atomic E-state index is 0.718. The zero-order valence-electron chi connectivity index (χ0n) is 5.26. The summed E-state index contributed by atoms with van der Waals surface area (Å²) in [7, 11) is 0. The Morgan fingerprint density at radius 1 is 1.36 bits per heavy atom. The van der Waals surface area contributed by atoms with Crippen molar-refractivity contribution in [2.45, 2.75) is 6.18 Å². The highest BCUT2D eigenvalue weighted by molar-refractivity contribution is 5.30. The van der Waals surface area contributed by atoms with Crippen LogP contribution in [-0.4, -0.2) is 10.1 Å². The van der Waals surface area contributed by atoms with Gasteiger partial charge in [-0.3, -0.25) is 4.98 Å². The summed E-state index contributed by atoms with van der Waals surface area (Å²) in [5.41, 5.74) is -1.06. The van der Waals surface area contributed by atoms with E-state index in [1.54, 1.807) is 0 Å². The highest BCUT2D eigenvalue weighted by atomic mass is 19.4. The van der Waals surface area contributed by atoms with Crippen LogP contribution in [-0.2, 0) is 6.18 Å². The van der Waals surface area contributed by atoms with Gasteiger partial charge in [0.25, 0.3) is 0 Å². The van der Waals surface area contributed by atoms with Crippen LogP contribution in [0.1, 0.15) is 5.56 Å². The van der Waals surface area contributed by atoms with Gasteiger partial charge in [0.05, 0.1) is 6.20 Å². The van der Waals surface area contributed by atoms with Crippen molar-refractivity contribution in [3.63, 3.8) is 0 Å². The summed E-state index contributed by atoms with van der Waals surface area (Å²) in [6, 6.07) is 0.718. The third kappa shape index (κ3) is 1.60. The van der Waals surface area contributed by atoms with Gasteiger partial charge in [0.2, 0.25) is 0 Å². The number of hydrogen-bond donors (Lipinski definition) is 1. The molecule has 0 amide bonds. The Balaban J connectivity index is 3.14. The van der Waals surface area contributed by atoms with E-state index in [2.05, 4.69) is 4.98 Å². The monoisotopic (exact) mass is 163 g/mol. The Labute approximate surface area is 60.3 Å². The first-order valence-electron chi connectivity index (χ1n) is 2.72. The number of alkyl halides is 3. The third-order valence-corrected chi connectivity index (χ3v) is 1.11. The second kappa shape index (κ2) is 2.41. The molecule has 0 atom stereocenters. The van der Waals surface area contributed by atoms with Gasteiger partial charge in [-0.2, -0.15) is 13.2 Å². The van der Waals surface area contributed by atoms with E-state index in [4.69, 9.17) is 5.11 Å². The zero-order chi connectivity index (χ0) is 8.48. The summed E-state index contributed by atoms with van der Waals surface area (Å²) in [4.78, 5) is 3.31. The van der Waals surface area contributed by atoms with E-state index in [0.29, 0.717) is 0 Å². The van der Waals surface area contributed by atoms with Crippen molar-refractivity contribution in [3.05, 3.63) is 24.0 Å². The molecular formula is C6H4F3NO. The maximum atomic E-state index is 11.9. The molecule has 0 aliphatic rings. The highest BCUT2D eigenvalue weighted by Gasteiger charge is 2.33. The number of halogens is 3. The molecule has 11 heavy (non-hydrogen) atoms. The van der Waals surface area contributed by atoms with Gasteiger partial charge in [0, 0.05) is 6.20 Å². The normalized spacial score (nSPS) is 11.5. The van der Waals surface area contributed by atoms with Crippen LogP contribution < -0.4 is 0 Å². The molecule has 0 unspecified atom stereocenters. The largest absolute Gasteiger partial charge is 0.506 e. The lowest BCUT2D eigenvalue weighted by atomic mass is 10.2. The number of pyridine rings is 1. The number of nitrogens with zero attached hydrogens (tertiary/aromatic N) is 1. The molecule has 0 aromatic carbocycles. The van der Waals surface area contributed by atoms with E-state index in [1.807, 2.05) is 0 Å². The minimum Gasteiger partial charge on any atom is -0.506 e. The molecule has 0 fully saturated rings. The van der Waals surface area contributed by atoms with Crippen molar-refractivity contribution in [3.8, 4) is 5.75 Å². The van der Waals surface area contributed by atoms with Crippen LogP contribution in [0.15, 0.2) is 18.5 Å². The summed E-state index contributed by atoms with van der Waals surface area (Å²) in [6.45, 7) is 0. The summed E-state index contributed by atoms with van der Waals surface area (Å²) in [5, 5.41) is 8.66. The van der Waals surface area contributed by atoms with Gasteiger partial charge in [0.15, 0.2) is 0 Å². The van der Waals surface area contributed by atoms with Crippen molar-refractivity contribution >= 4 is 0 Å². The molecule has 1 rings (SSSR count). The molecule has 0 saturated carbocycles. The lowest BCUT2D eigenvalue weighted by molar-refractivity contribution is -0.138. The summed E-state index contributed by atoms with van der Waals surface area (Å²) in [6.07, 6.45) is -2.78. The van der Waals surface area contributed by atoms with Crippen LogP contribution in [0.4, 0.5) is 13.2 Å². The predicted octanol–water partition coefficient (Wildman–Crippen LogP) is 1.81. The van der Waals surface area contributed by atoms with Crippen LogP contribution in [0.25, 0.3) is 0 Å². The molecule has 0 aliphatic heterocycles. The molecule has 0 saturated heterocycles. The first-order valence-corrected chi connectivity index (χ1v) is 2.72. The van der Waals surface area contributed by atoms with Crippen molar-refractivity contribution in [1.82, 2.24) is 4.98 Å². The Kier molecular flexibility index (Phi) is 1.72. The fourth-order valence-corrected chi connectivity index (χ4v) is 0.626. The van der Waals surface area contributed by atoms with Gasteiger partial charge in [0.1, 0.15) is 11.3 Å². The van der Waals surface area contributed by atoms with Gasteiger partial charge >= 0.3 is 6.18 Å². The smallest absolute Gasteiger partial charge is 0.420 e. The number of rotatable bonds is 0. The zero-order valence-corrected chi connectivity index (χ0v) is 5.26. The summed E-state index contributed by atoms with van der Waals surface area (Å²) < 4.78 is 35.6. The molecule has 1 N–H and O–H groups in total. The summed E-state index contributed by atoms with van der Waals surface area (Å²) in [5.74, 6) is -0.847. The van der Waals surface area contributed by atoms with Crippen LogP contribution in [0.3, 0.4) is 0 Å². The van der Waals surface area contributed by atoms with E-state index in [1.165, 1.54) is 0 Å². The molecular weight excluding hydrogens is 159 g/mol. The van der Waals surface area contributed by atoms with Crippen LogP contribution in [0.2, 0.25) is 0 Å². The highest BCUT2D eigenvalue weighted by Crippen LogP contribution is 2.34. The average Bonchev–Trinajstić information content (AvgIpc) is 1.86. The van der Waals surface area contributed by atoms with Crippen molar-refractivity contribution in [1.29, 1.82) is 0 Å². The van der Waals surface area contributed by atoms with Gasteiger partial charge in [-0.15, -0.1) is 0 Å². The standard InChI is InChI=1S/C6H4F3NO/c7-6(8,9)4-1-2-10-3-5(4)11/h1-3,11H. The van der Waals surface area contributed by atoms with E-state index >= 15 is 0 Å². The van der Waals surface area contributed by atoms with Crippen molar-refractivity contribution < 1.29 is 18.3 Å². The first kappa shape index (κ1) is 7.84. The van der Waals surface area contributed by atoms with Gasteiger partial charge in [-0.05, 0) is 6.07 Å². The fourth-order valence-electron chi connectivity index (χ4n) is 0.626. The van der Waals surface area contributed by atoms with Crippen LogP contribution >= 0.6 is 0 Å². The maximum Gasteiger partial charge on any atom is 0.420 e. The van der Waals surface area contributed by atoms with Gasteiger partial charge in [-0.1, -0.05) is 0 Å². The Morgan fingerprint density at radius 3 is 2.36 bits per heavy atom. The lowest BCUT2D eigenvalue weighted by Gasteiger charge is -2.06. The van der Waals surface area contributed by atoms with Crippen LogP contribution in [0, 0.1) is 0 Å². The molecule has 5 heteroatoms. The lowest BCUT2D eigenvalue weighted by Crippen LogP contribution is -2.04. The van der Waals surface area contributed by atoms with E-state index in [-0.39, 0.29) is 0 Å². The van der Waals surface area contributed by atoms with Gasteiger partial charge < -0.3 is 5.11 Å². The third-order valence-electron chi connectivity index (χ3n) is 1.11. The quantitative estimate of drug-likeness (QED) is 0.632. The van der Waals surface area contributed by atoms with Crippen molar-refractivity contribution in [2.24, 2.45) is 0 Å². The topological polar surface area (TPSA) is 33.1 Å². The maximum absolute atomic E-state index is 11.9. The molecule has 1 aromatic rings. The van der Waals surface area contributed by atoms with Gasteiger partial charge in [-0.25, -0.2) is 0 Å². The minimum atomic E-state index is -4.51.